The van der Waals surface area contributed by atoms with Crippen molar-refractivity contribution in [2.24, 2.45) is 16.6 Å². The summed E-state index contributed by atoms with van der Waals surface area (Å²) in [5, 5.41) is 3.52. The van der Waals surface area contributed by atoms with Gasteiger partial charge in [-0.25, -0.2) is 4.99 Å². The molecule has 3 N–H and O–H groups in total. The van der Waals surface area contributed by atoms with E-state index in [0.29, 0.717) is 23.2 Å². The molecule has 140 valence electrons. The highest BCUT2D eigenvalue weighted by molar-refractivity contribution is 8.13. The molecule has 1 aliphatic carbocycles. The molecule has 0 aliphatic heterocycles. The minimum Gasteiger partial charge on any atom is -0.501 e. The predicted octanol–water partition coefficient (Wildman–Crippen LogP) is 4.00. The summed E-state index contributed by atoms with van der Waals surface area (Å²) in [5.41, 5.74) is 7.24. The number of nitrogens with one attached hydrogen (secondary N) is 1. The van der Waals surface area contributed by atoms with Crippen molar-refractivity contribution in [3.8, 4) is 0 Å². The lowest BCUT2D eigenvalue weighted by Gasteiger charge is -2.20. The minimum atomic E-state index is -0.0804. The summed E-state index contributed by atoms with van der Waals surface area (Å²) in [6, 6.07) is 7.17. The Hall–Kier alpha value is -2.21. The number of allylic oxidation sites excluding steroid dienone is 4. The number of amides is 1. The first-order valence-electron chi connectivity index (χ1n) is 8.90. The quantitative estimate of drug-likeness (QED) is 0.533. The van der Waals surface area contributed by atoms with Crippen LogP contribution in [0.2, 0.25) is 0 Å². The van der Waals surface area contributed by atoms with Gasteiger partial charge in [-0.3, -0.25) is 4.79 Å². The molecule has 1 aliphatic rings. The molecule has 1 atom stereocenters. The van der Waals surface area contributed by atoms with E-state index in [0.717, 1.165) is 36.5 Å². The summed E-state index contributed by atoms with van der Waals surface area (Å²) in [6.45, 7) is 2.71. The fourth-order valence-electron chi connectivity index (χ4n) is 2.67. The highest BCUT2D eigenvalue weighted by atomic mass is 32.2. The normalized spacial score (nSPS) is 16.9. The van der Waals surface area contributed by atoms with Gasteiger partial charge in [0.15, 0.2) is 5.17 Å². The van der Waals surface area contributed by atoms with E-state index in [1.165, 1.54) is 11.8 Å². The van der Waals surface area contributed by atoms with E-state index in [1.54, 1.807) is 19.2 Å². The van der Waals surface area contributed by atoms with E-state index in [2.05, 4.69) is 23.3 Å². The zero-order chi connectivity index (χ0) is 18.8. The summed E-state index contributed by atoms with van der Waals surface area (Å²) in [7, 11) is 1.69. The van der Waals surface area contributed by atoms with Crippen LogP contribution < -0.4 is 11.1 Å². The maximum atomic E-state index is 12.3. The van der Waals surface area contributed by atoms with E-state index in [1.807, 2.05) is 24.3 Å². The Morgan fingerprint density at radius 1 is 1.38 bits per heavy atom. The van der Waals surface area contributed by atoms with Crippen LogP contribution in [0.25, 0.3) is 0 Å². The SMILES string of the molecule is CCCSC(N)=Nc1ccc(C(=O)NCCC2CC=CC=C2OC)cc1. The second kappa shape index (κ2) is 10.7. The lowest BCUT2D eigenvalue weighted by molar-refractivity contribution is 0.0950. The molecule has 0 saturated carbocycles. The van der Waals surface area contributed by atoms with Crippen molar-refractivity contribution in [2.45, 2.75) is 26.2 Å². The summed E-state index contributed by atoms with van der Waals surface area (Å²) >= 11 is 1.54. The number of aliphatic imine (C=N–C) groups is 1. The van der Waals surface area contributed by atoms with Crippen LogP contribution in [0, 0.1) is 5.92 Å². The first-order chi connectivity index (χ1) is 12.6. The average Bonchev–Trinajstić information content (AvgIpc) is 2.67. The van der Waals surface area contributed by atoms with E-state index < -0.39 is 0 Å². The third-order valence-electron chi connectivity index (χ3n) is 4.06. The molecule has 2 rings (SSSR count). The van der Waals surface area contributed by atoms with Gasteiger partial charge >= 0.3 is 0 Å². The minimum absolute atomic E-state index is 0.0804. The number of ether oxygens (including phenoxy) is 1. The zero-order valence-corrected chi connectivity index (χ0v) is 16.2. The summed E-state index contributed by atoms with van der Waals surface area (Å²) in [6.07, 6.45) is 8.96. The number of nitrogens with zero attached hydrogens (tertiary/aromatic N) is 1. The third-order valence-corrected chi connectivity index (χ3v) is 5.06. The van der Waals surface area contributed by atoms with Crippen molar-refractivity contribution < 1.29 is 9.53 Å². The van der Waals surface area contributed by atoms with Gasteiger partial charge in [0.25, 0.3) is 5.91 Å². The number of benzene rings is 1. The molecule has 1 amide bonds. The number of hydrogen-bond donors (Lipinski definition) is 2. The van der Waals surface area contributed by atoms with Gasteiger partial charge in [0.2, 0.25) is 0 Å². The molecule has 1 unspecified atom stereocenters. The smallest absolute Gasteiger partial charge is 0.251 e. The Morgan fingerprint density at radius 3 is 2.85 bits per heavy atom. The van der Waals surface area contributed by atoms with Gasteiger partial charge in [-0.2, -0.15) is 0 Å². The van der Waals surface area contributed by atoms with Gasteiger partial charge in [-0.1, -0.05) is 30.8 Å². The van der Waals surface area contributed by atoms with Gasteiger partial charge in [0.1, 0.15) is 0 Å². The van der Waals surface area contributed by atoms with Crippen LogP contribution in [0.4, 0.5) is 5.69 Å². The molecule has 0 bridgehead atoms. The Bertz CT molecular complexity index is 681. The molecular formula is C20H27N3O2S. The number of methoxy groups -OCH3 is 1. The third kappa shape index (κ3) is 6.26. The van der Waals surface area contributed by atoms with E-state index in [4.69, 9.17) is 10.5 Å². The molecule has 1 aromatic rings. The maximum absolute atomic E-state index is 12.3. The first-order valence-corrected chi connectivity index (χ1v) is 9.88. The largest absolute Gasteiger partial charge is 0.501 e. The Morgan fingerprint density at radius 2 is 2.15 bits per heavy atom. The molecule has 6 heteroatoms. The van der Waals surface area contributed by atoms with Crippen molar-refractivity contribution in [2.75, 3.05) is 19.4 Å². The predicted molar refractivity (Wildman–Crippen MR) is 110 cm³/mol. The Kier molecular flexibility index (Phi) is 8.28. The van der Waals surface area contributed by atoms with Gasteiger partial charge in [-0.15, -0.1) is 0 Å². The van der Waals surface area contributed by atoms with Crippen LogP contribution in [-0.2, 0) is 4.74 Å². The lowest BCUT2D eigenvalue weighted by atomic mass is 9.95. The molecule has 1 aromatic carbocycles. The topological polar surface area (TPSA) is 76.7 Å². The number of amidine groups is 1. The van der Waals surface area contributed by atoms with Crippen molar-refractivity contribution >= 4 is 28.5 Å². The number of rotatable bonds is 8. The van der Waals surface area contributed by atoms with Crippen molar-refractivity contribution in [1.29, 1.82) is 0 Å². The molecule has 0 aromatic heterocycles. The first kappa shape index (κ1) is 20.1. The van der Waals surface area contributed by atoms with Crippen LogP contribution >= 0.6 is 11.8 Å². The summed E-state index contributed by atoms with van der Waals surface area (Å²) in [4.78, 5) is 16.6. The molecule has 5 nitrogen and oxygen atoms in total. The maximum Gasteiger partial charge on any atom is 0.251 e. The van der Waals surface area contributed by atoms with E-state index >= 15 is 0 Å². The van der Waals surface area contributed by atoms with Crippen LogP contribution in [-0.4, -0.2) is 30.5 Å². The van der Waals surface area contributed by atoms with Crippen LogP contribution in [0.1, 0.15) is 36.5 Å². The number of hydrogen-bond acceptors (Lipinski definition) is 4. The molecule has 0 saturated heterocycles. The second-order valence-electron chi connectivity index (χ2n) is 6.02. The molecular weight excluding hydrogens is 346 g/mol. The molecule has 0 spiro atoms. The van der Waals surface area contributed by atoms with Crippen LogP contribution in [0.3, 0.4) is 0 Å². The Balaban J connectivity index is 1.82. The Labute approximate surface area is 159 Å². The number of carbonyl (C=O) groups is 1. The van der Waals surface area contributed by atoms with Gasteiger partial charge in [-0.05, 0) is 49.6 Å². The standard InChI is InChI=1S/C20H27N3O2S/c1-3-14-26-20(21)23-17-10-8-16(9-11-17)19(24)22-13-12-15-6-4-5-7-18(15)25-2/h4-5,7-11,15H,3,6,12-14H2,1-2H3,(H2,21,23)(H,22,24). The van der Waals surface area contributed by atoms with Gasteiger partial charge in [0.05, 0.1) is 18.6 Å². The lowest BCUT2D eigenvalue weighted by Crippen LogP contribution is -2.26. The summed E-state index contributed by atoms with van der Waals surface area (Å²) < 4.78 is 5.39. The highest BCUT2D eigenvalue weighted by Gasteiger charge is 2.16. The fraction of sp³-hybridized carbons (Fsp3) is 0.400. The van der Waals surface area contributed by atoms with Gasteiger partial charge < -0.3 is 15.8 Å². The van der Waals surface area contributed by atoms with Crippen molar-refractivity contribution in [3.63, 3.8) is 0 Å². The second-order valence-corrected chi connectivity index (χ2v) is 7.14. The molecule has 0 heterocycles. The number of thioether (sulfide) groups is 1. The van der Waals surface area contributed by atoms with Crippen LogP contribution in [0.15, 0.2) is 53.2 Å². The monoisotopic (exact) mass is 373 g/mol. The highest BCUT2D eigenvalue weighted by Crippen LogP contribution is 2.23. The molecule has 0 fully saturated rings. The van der Waals surface area contributed by atoms with E-state index in [-0.39, 0.29) is 5.91 Å². The van der Waals surface area contributed by atoms with Crippen LogP contribution in [0.5, 0.6) is 0 Å². The van der Waals surface area contributed by atoms with Crippen molar-refractivity contribution in [1.82, 2.24) is 5.32 Å². The molecule has 26 heavy (non-hydrogen) atoms. The molecule has 0 radical (unpaired) electrons. The average molecular weight is 374 g/mol. The van der Waals surface area contributed by atoms with Crippen molar-refractivity contribution in [3.05, 3.63) is 53.8 Å². The van der Waals surface area contributed by atoms with Gasteiger partial charge in [0, 0.05) is 23.8 Å². The number of carbonyl (C=O) groups excluding carboxylic acids is 1. The number of nitrogens with two attached hydrogens (primary N) is 1. The zero-order valence-electron chi connectivity index (χ0n) is 15.4. The summed E-state index contributed by atoms with van der Waals surface area (Å²) in [5.74, 6) is 2.17. The fourth-order valence-corrected chi connectivity index (χ4v) is 3.25. The van der Waals surface area contributed by atoms with E-state index in [9.17, 15) is 4.79 Å².